The molecule has 1 saturated heterocycles. The van der Waals surface area contributed by atoms with Crippen LogP contribution in [0.5, 0.6) is 11.5 Å². The van der Waals surface area contributed by atoms with Gasteiger partial charge in [-0.1, -0.05) is 12.1 Å². The summed E-state index contributed by atoms with van der Waals surface area (Å²) < 4.78 is 10.7. The van der Waals surface area contributed by atoms with Crippen LogP contribution in [0.1, 0.15) is 16.8 Å². The predicted octanol–water partition coefficient (Wildman–Crippen LogP) is 2.36. The van der Waals surface area contributed by atoms with Gasteiger partial charge in [-0.3, -0.25) is 19.7 Å². The van der Waals surface area contributed by atoms with Gasteiger partial charge in [-0.25, -0.2) is 0 Å². The third-order valence-electron chi connectivity index (χ3n) is 4.88. The molecule has 1 fully saturated rings. The minimum absolute atomic E-state index is 0.0407. The van der Waals surface area contributed by atoms with Crippen LogP contribution in [0.3, 0.4) is 0 Å². The van der Waals surface area contributed by atoms with Crippen molar-refractivity contribution in [3.05, 3.63) is 64.2 Å². The number of nitrogens with zero attached hydrogens (tertiary/aromatic N) is 3. The molecule has 0 saturated carbocycles. The van der Waals surface area contributed by atoms with E-state index in [1.807, 2.05) is 6.07 Å². The SMILES string of the molecule is COc1ccccc1C(=O)N1CCCN(C(=O)COc2ccc([N+](=O)[O-])cc2)CC1. The molecule has 2 aromatic carbocycles. The van der Waals surface area contributed by atoms with Crippen molar-refractivity contribution in [2.24, 2.45) is 0 Å². The van der Waals surface area contributed by atoms with E-state index in [1.165, 1.54) is 31.4 Å². The number of carbonyl (C=O) groups is 2. The van der Waals surface area contributed by atoms with Crippen molar-refractivity contribution in [3.63, 3.8) is 0 Å². The zero-order valence-electron chi connectivity index (χ0n) is 16.7. The summed E-state index contributed by atoms with van der Waals surface area (Å²) >= 11 is 0. The average molecular weight is 413 g/mol. The lowest BCUT2D eigenvalue weighted by Gasteiger charge is -2.23. The Morgan fingerprint density at radius 3 is 2.37 bits per heavy atom. The average Bonchev–Trinajstić information content (AvgIpc) is 3.03. The number of hydrogen-bond acceptors (Lipinski definition) is 6. The molecule has 9 heteroatoms. The van der Waals surface area contributed by atoms with Crippen molar-refractivity contribution in [2.45, 2.75) is 6.42 Å². The van der Waals surface area contributed by atoms with Gasteiger partial charge in [0, 0.05) is 38.3 Å². The molecule has 0 N–H and O–H groups in total. The second-order valence-electron chi connectivity index (χ2n) is 6.77. The summed E-state index contributed by atoms with van der Waals surface area (Å²) in [6.45, 7) is 1.73. The molecule has 2 amide bonds. The minimum Gasteiger partial charge on any atom is -0.496 e. The summed E-state index contributed by atoms with van der Waals surface area (Å²) in [5.74, 6) is 0.594. The number of carbonyl (C=O) groups excluding carboxylic acids is 2. The van der Waals surface area contributed by atoms with Crippen LogP contribution in [-0.2, 0) is 4.79 Å². The summed E-state index contributed by atoms with van der Waals surface area (Å²) in [7, 11) is 1.53. The van der Waals surface area contributed by atoms with E-state index in [1.54, 1.807) is 28.0 Å². The fourth-order valence-corrected chi connectivity index (χ4v) is 3.26. The molecule has 0 bridgehead atoms. The fourth-order valence-electron chi connectivity index (χ4n) is 3.26. The summed E-state index contributed by atoms with van der Waals surface area (Å²) in [5, 5.41) is 10.7. The van der Waals surface area contributed by atoms with Crippen LogP contribution in [0, 0.1) is 10.1 Å². The quantitative estimate of drug-likeness (QED) is 0.532. The predicted molar refractivity (Wildman–Crippen MR) is 109 cm³/mol. The Hall–Kier alpha value is -3.62. The van der Waals surface area contributed by atoms with Gasteiger partial charge in [0.2, 0.25) is 0 Å². The second kappa shape index (κ2) is 9.73. The first-order chi connectivity index (χ1) is 14.5. The van der Waals surface area contributed by atoms with Gasteiger partial charge in [0.15, 0.2) is 6.61 Å². The normalized spacial score (nSPS) is 14.0. The molecular weight excluding hydrogens is 390 g/mol. The van der Waals surface area contributed by atoms with Gasteiger partial charge < -0.3 is 19.3 Å². The number of para-hydroxylation sites is 1. The summed E-state index contributed by atoms with van der Waals surface area (Å²) in [4.78, 5) is 39.0. The summed E-state index contributed by atoms with van der Waals surface area (Å²) in [5.41, 5.74) is 0.460. The van der Waals surface area contributed by atoms with Crippen molar-refractivity contribution in [1.29, 1.82) is 0 Å². The maximum Gasteiger partial charge on any atom is 0.269 e. The van der Waals surface area contributed by atoms with Crippen molar-refractivity contribution < 1.29 is 24.0 Å². The molecule has 0 atom stereocenters. The molecule has 1 aliphatic rings. The van der Waals surface area contributed by atoms with Crippen molar-refractivity contribution in [2.75, 3.05) is 39.9 Å². The van der Waals surface area contributed by atoms with Crippen molar-refractivity contribution in [1.82, 2.24) is 9.80 Å². The maximum atomic E-state index is 12.9. The van der Waals surface area contributed by atoms with Crippen LogP contribution in [0.15, 0.2) is 48.5 Å². The van der Waals surface area contributed by atoms with Crippen LogP contribution in [0.2, 0.25) is 0 Å². The lowest BCUT2D eigenvalue weighted by molar-refractivity contribution is -0.384. The molecule has 0 radical (unpaired) electrons. The Labute approximate surface area is 173 Å². The molecule has 0 spiro atoms. The molecule has 3 rings (SSSR count). The van der Waals surface area contributed by atoms with E-state index in [2.05, 4.69) is 0 Å². The minimum atomic E-state index is -0.496. The van der Waals surface area contributed by atoms with Crippen LogP contribution in [0.25, 0.3) is 0 Å². The highest BCUT2D eigenvalue weighted by atomic mass is 16.6. The van der Waals surface area contributed by atoms with Gasteiger partial charge in [-0.05, 0) is 30.7 Å². The number of ether oxygens (including phenoxy) is 2. The molecular formula is C21H23N3O6. The van der Waals surface area contributed by atoms with Crippen LogP contribution in [0.4, 0.5) is 5.69 Å². The molecule has 0 unspecified atom stereocenters. The van der Waals surface area contributed by atoms with Gasteiger partial charge >= 0.3 is 0 Å². The maximum absolute atomic E-state index is 12.9. The van der Waals surface area contributed by atoms with E-state index in [0.29, 0.717) is 49.7 Å². The van der Waals surface area contributed by atoms with E-state index in [-0.39, 0.29) is 24.1 Å². The smallest absolute Gasteiger partial charge is 0.269 e. The van der Waals surface area contributed by atoms with E-state index in [4.69, 9.17) is 9.47 Å². The van der Waals surface area contributed by atoms with Crippen LogP contribution >= 0.6 is 0 Å². The Kier molecular flexibility index (Phi) is 6.84. The molecule has 2 aromatic rings. The highest BCUT2D eigenvalue weighted by Crippen LogP contribution is 2.20. The number of hydrogen-bond donors (Lipinski definition) is 0. The third kappa shape index (κ3) is 5.05. The monoisotopic (exact) mass is 413 g/mol. The number of benzene rings is 2. The van der Waals surface area contributed by atoms with Crippen LogP contribution in [-0.4, -0.2) is 66.4 Å². The Balaban J connectivity index is 1.54. The van der Waals surface area contributed by atoms with Gasteiger partial charge in [-0.15, -0.1) is 0 Å². The first-order valence-electron chi connectivity index (χ1n) is 9.57. The van der Waals surface area contributed by atoms with E-state index in [9.17, 15) is 19.7 Å². The Morgan fingerprint density at radius 2 is 1.67 bits per heavy atom. The summed E-state index contributed by atoms with van der Waals surface area (Å²) in [6, 6.07) is 12.6. The first-order valence-corrected chi connectivity index (χ1v) is 9.57. The zero-order valence-corrected chi connectivity index (χ0v) is 16.7. The third-order valence-corrected chi connectivity index (χ3v) is 4.88. The van der Waals surface area contributed by atoms with Crippen molar-refractivity contribution in [3.8, 4) is 11.5 Å². The molecule has 0 aromatic heterocycles. The number of rotatable bonds is 6. The molecule has 9 nitrogen and oxygen atoms in total. The fraction of sp³-hybridized carbons (Fsp3) is 0.333. The number of non-ortho nitro benzene ring substituents is 1. The van der Waals surface area contributed by atoms with Crippen molar-refractivity contribution >= 4 is 17.5 Å². The zero-order chi connectivity index (χ0) is 21.5. The van der Waals surface area contributed by atoms with Gasteiger partial charge in [0.1, 0.15) is 11.5 Å². The Morgan fingerprint density at radius 1 is 1.00 bits per heavy atom. The van der Waals surface area contributed by atoms with E-state index >= 15 is 0 Å². The second-order valence-corrected chi connectivity index (χ2v) is 6.77. The van der Waals surface area contributed by atoms with E-state index in [0.717, 1.165) is 0 Å². The first kappa shape index (κ1) is 21.1. The largest absolute Gasteiger partial charge is 0.496 e. The highest BCUT2D eigenvalue weighted by molar-refractivity contribution is 5.97. The summed E-state index contributed by atoms with van der Waals surface area (Å²) in [6.07, 6.45) is 0.657. The van der Waals surface area contributed by atoms with E-state index < -0.39 is 4.92 Å². The lowest BCUT2D eigenvalue weighted by atomic mass is 10.1. The molecule has 0 aliphatic carbocycles. The lowest BCUT2D eigenvalue weighted by Crippen LogP contribution is -2.39. The number of nitro groups is 1. The number of methoxy groups -OCH3 is 1. The molecule has 158 valence electrons. The highest BCUT2D eigenvalue weighted by Gasteiger charge is 2.24. The van der Waals surface area contributed by atoms with Crippen LogP contribution < -0.4 is 9.47 Å². The van der Waals surface area contributed by atoms with Gasteiger partial charge in [0.05, 0.1) is 17.6 Å². The topological polar surface area (TPSA) is 102 Å². The van der Waals surface area contributed by atoms with Gasteiger partial charge in [0.25, 0.3) is 17.5 Å². The number of nitro benzene ring substituents is 1. The standard InChI is InChI=1S/C21H23N3O6/c1-29-19-6-3-2-5-18(19)21(26)23-12-4-11-22(13-14-23)20(25)15-30-17-9-7-16(8-10-17)24(27)28/h2-3,5-10H,4,11-15H2,1H3. The molecule has 30 heavy (non-hydrogen) atoms. The number of amides is 2. The molecule has 1 heterocycles. The van der Waals surface area contributed by atoms with Gasteiger partial charge in [-0.2, -0.15) is 0 Å². The molecule has 1 aliphatic heterocycles. The Bertz CT molecular complexity index is 915.